The molecule has 0 radical (unpaired) electrons. The molecule has 27 heavy (non-hydrogen) atoms. The number of nitro benzene ring substituents is 1. The largest absolute Gasteiger partial charge is 0.496 e. The highest BCUT2D eigenvalue weighted by Gasteiger charge is 2.14. The molecule has 0 unspecified atom stereocenters. The fraction of sp³-hybridized carbons (Fsp3) is 0.250. The van der Waals surface area contributed by atoms with E-state index in [2.05, 4.69) is 0 Å². The Labute approximate surface area is 155 Å². The highest BCUT2D eigenvalue weighted by atomic mass is 16.6. The lowest BCUT2D eigenvalue weighted by Crippen LogP contribution is -2.04. The monoisotopic (exact) mass is 369 g/mol. The summed E-state index contributed by atoms with van der Waals surface area (Å²) in [6.45, 7) is 3.86. The van der Waals surface area contributed by atoms with Crippen molar-refractivity contribution in [3.8, 4) is 11.5 Å². The van der Waals surface area contributed by atoms with E-state index in [-0.39, 0.29) is 12.3 Å². The summed E-state index contributed by atoms with van der Waals surface area (Å²) in [5, 5.41) is 11.9. The number of hydrogen-bond donors (Lipinski definition) is 0. The average Bonchev–Trinajstić information content (AvgIpc) is 2.67. The molecule has 0 saturated heterocycles. The molecule has 0 bridgehead atoms. The predicted octanol–water partition coefficient (Wildman–Crippen LogP) is 4.16. The Morgan fingerprint density at radius 3 is 2.52 bits per heavy atom. The number of methoxy groups -OCH3 is 1. The molecule has 140 valence electrons. The second kappa shape index (κ2) is 7.49. The lowest BCUT2D eigenvalue weighted by Gasteiger charge is -2.13. The van der Waals surface area contributed by atoms with E-state index in [0.29, 0.717) is 34.6 Å². The van der Waals surface area contributed by atoms with Gasteiger partial charge in [-0.3, -0.25) is 10.1 Å². The number of nitrogens with zero attached hydrogens (tertiary/aromatic N) is 1. The summed E-state index contributed by atoms with van der Waals surface area (Å²) >= 11 is 0. The lowest BCUT2D eigenvalue weighted by molar-refractivity contribution is -0.385. The van der Waals surface area contributed by atoms with Crippen LogP contribution in [0.1, 0.15) is 23.6 Å². The van der Waals surface area contributed by atoms with E-state index in [1.165, 1.54) is 31.4 Å². The molecule has 0 N–H and O–H groups in total. The molecule has 2 aromatic carbocycles. The van der Waals surface area contributed by atoms with Gasteiger partial charge in [0.15, 0.2) is 0 Å². The SMILES string of the molecule is CCc1cc(=O)oc2c(C)c(OCc3cc([N+](=O)[O-])ccc3OC)ccc12. The van der Waals surface area contributed by atoms with Crippen LogP contribution in [0.4, 0.5) is 5.69 Å². The molecule has 1 heterocycles. The molecule has 0 aliphatic heterocycles. The molecule has 0 amide bonds. The molecular formula is C20H19NO6. The van der Waals surface area contributed by atoms with Crippen LogP contribution in [0.5, 0.6) is 11.5 Å². The maximum atomic E-state index is 11.8. The molecule has 0 spiro atoms. The van der Waals surface area contributed by atoms with Crippen LogP contribution in [0.2, 0.25) is 0 Å². The molecule has 0 aliphatic rings. The molecular weight excluding hydrogens is 350 g/mol. The Bertz CT molecular complexity index is 1070. The predicted molar refractivity (Wildman–Crippen MR) is 101 cm³/mol. The smallest absolute Gasteiger partial charge is 0.336 e. The molecule has 1 aromatic heterocycles. The van der Waals surface area contributed by atoms with Crippen LogP contribution in [0, 0.1) is 17.0 Å². The van der Waals surface area contributed by atoms with Crippen LogP contribution in [0.15, 0.2) is 45.6 Å². The third-order valence-electron chi connectivity index (χ3n) is 4.44. The van der Waals surface area contributed by atoms with Gasteiger partial charge in [-0.25, -0.2) is 4.79 Å². The van der Waals surface area contributed by atoms with Crippen molar-refractivity contribution in [2.45, 2.75) is 26.9 Å². The Morgan fingerprint density at radius 2 is 1.85 bits per heavy atom. The summed E-state index contributed by atoms with van der Waals surface area (Å²) in [5.74, 6) is 1.03. The van der Waals surface area contributed by atoms with Crippen LogP contribution in [-0.2, 0) is 13.0 Å². The zero-order valence-electron chi connectivity index (χ0n) is 15.3. The lowest BCUT2D eigenvalue weighted by atomic mass is 10.0. The van der Waals surface area contributed by atoms with Crippen molar-refractivity contribution in [3.05, 3.63) is 73.6 Å². The summed E-state index contributed by atoms with van der Waals surface area (Å²) in [6, 6.07) is 9.49. The summed E-state index contributed by atoms with van der Waals surface area (Å²) in [5.41, 5.74) is 2.21. The highest BCUT2D eigenvalue weighted by Crippen LogP contribution is 2.31. The number of rotatable bonds is 6. The van der Waals surface area contributed by atoms with E-state index in [9.17, 15) is 14.9 Å². The number of hydrogen-bond acceptors (Lipinski definition) is 6. The second-order valence-electron chi connectivity index (χ2n) is 6.05. The number of ether oxygens (including phenoxy) is 2. The van der Waals surface area contributed by atoms with Crippen LogP contribution in [0.3, 0.4) is 0 Å². The molecule has 7 nitrogen and oxygen atoms in total. The molecule has 3 aromatic rings. The number of fused-ring (bicyclic) bond motifs is 1. The molecule has 7 heteroatoms. The van der Waals surface area contributed by atoms with E-state index >= 15 is 0 Å². The minimum absolute atomic E-state index is 0.0387. The quantitative estimate of drug-likeness (QED) is 0.368. The van der Waals surface area contributed by atoms with Crippen molar-refractivity contribution in [1.82, 2.24) is 0 Å². The Hall–Kier alpha value is -3.35. The van der Waals surface area contributed by atoms with Gasteiger partial charge >= 0.3 is 5.63 Å². The Balaban J connectivity index is 1.96. The molecule has 0 fully saturated rings. The van der Waals surface area contributed by atoms with E-state index in [4.69, 9.17) is 13.9 Å². The van der Waals surface area contributed by atoms with Crippen LogP contribution in [0.25, 0.3) is 11.0 Å². The maximum Gasteiger partial charge on any atom is 0.336 e. The molecule has 3 rings (SSSR count). The Kier molecular flexibility index (Phi) is 5.12. The third kappa shape index (κ3) is 3.62. The van der Waals surface area contributed by atoms with Crippen molar-refractivity contribution < 1.29 is 18.8 Å². The minimum Gasteiger partial charge on any atom is -0.496 e. The van der Waals surface area contributed by atoms with Gasteiger partial charge in [0.2, 0.25) is 0 Å². The van der Waals surface area contributed by atoms with E-state index in [1.54, 1.807) is 6.07 Å². The normalized spacial score (nSPS) is 10.8. The van der Waals surface area contributed by atoms with Crippen molar-refractivity contribution >= 4 is 16.7 Å². The van der Waals surface area contributed by atoms with Gasteiger partial charge in [0.25, 0.3) is 5.69 Å². The number of nitro groups is 1. The van der Waals surface area contributed by atoms with Gasteiger partial charge in [-0.1, -0.05) is 6.92 Å². The zero-order valence-corrected chi connectivity index (χ0v) is 15.3. The van der Waals surface area contributed by atoms with Crippen LogP contribution in [-0.4, -0.2) is 12.0 Å². The standard InChI is InChI=1S/C20H19NO6/c1-4-13-10-19(22)27-20-12(2)17(8-6-16(13)20)26-11-14-9-15(21(23)24)5-7-18(14)25-3/h5-10H,4,11H2,1-3H3. The number of non-ortho nitro benzene ring substituents is 1. The van der Waals surface area contributed by atoms with E-state index < -0.39 is 10.5 Å². The molecule has 0 aliphatic carbocycles. The zero-order chi connectivity index (χ0) is 19.6. The first-order chi connectivity index (χ1) is 12.9. The summed E-state index contributed by atoms with van der Waals surface area (Å²) < 4.78 is 16.5. The highest BCUT2D eigenvalue weighted by molar-refractivity contribution is 5.84. The fourth-order valence-corrected chi connectivity index (χ4v) is 3.00. The second-order valence-corrected chi connectivity index (χ2v) is 6.05. The van der Waals surface area contributed by atoms with Gasteiger partial charge in [-0.15, -0.1) is 0 Å². The van der Waals surface area contributed by atoms with Gasteiger partial charge in [0.05, 0.1) is 12.0 Å². The first-order valence-corrected chi connectivity index (χ1v) is 8.45. The molecule has 0 saturated carbocycles. The van der Waals surface area contributed by atoms with Crippen molar-refractivity contribution in [3.63, 3.8) is 0 Å². The third-order valence-corrected chi connectivity index (χ3v) is 4.44. The van der Waals surface area contributed by atoms with Crippen LogP contribution >= 0.6 is 0 Å². The van der Waals surface area contributed by atoms with Gasteiger partial charge in [0.1, 0.15) is 23.7 Å². The minimum atomic E-state index is -0.467. The van der Waals surface area contributed by atoms with E-state index in [1.807, 2.05) is 19.9 Å². The summed E-state index contributed by atoms with van der Waals surface area (Å²) in [4.78, 5) is 22.3. The van der Waals surface area contributed by atoms with Crippen molar-refractivity contribution in [2.75, 3.05) is 7.11 Å². The van der Waals surface area contributed by atoms with Crippen molar-refractivity contribution in [1.29, 1.82) is 0 Å². The van der Waals surface area contributed by atoms with Gasteiger partial charge in [0, 0.05) is 34.7 Å². The summed E-state index contributed by atoms with van der Waals surface area (Å²) in [6.07, 6.45) is 0.715. The average molecular weight is 369 g/mol. The first-order valence-electron chi connectivity index (χ1n) is 8.45. The van der Waals surface area contributed by atoms with Crippen LogP contribution < -0.4 is 15.1 Å². The molecule has 0 atom stereocenters. The van der Waals surface area contributed by atoms with Gasteiger partial charge in [-0.05, 0) is 37.1 Å². The maximum absolute atomic E-state index is 11.8. The van der Waals surface area contributed by atoms with E-state index in [0.717, 1.165) is 10.9 Å². The first kappa shape index (κ1) is 18.4. The van der Waals surface area contributed by atoms with Gasteiger partial charge in [-0.2, -0.15) is 0 Å². The topological polar surface area (TPSA) is 91.8 Å². The number of aryl methyl sites for hydroxylation is 2. The Morgan fingerprint density at radius 1 is 1.11 bits per heavy atom. The number of benzene rings is 2. The van der Waals surface area contributed by atoms with Gasteiger partial charge < -0.3 is 13.9 Å². The van der Waals surface area contributed by atoms with Crippen molar-refractivity contribution in [2.24, 2.45) is 0 Å². The fourth-order valence-electron chi connectivity index (χ4n) is 3.00. The summed E-state index contributed by atoms with van der Waals surface area (Å²) in [7, 11) is 1.49.